The molecule has 0 spiro atoms. The Hall–Kier alpha value is -1.72. The molecule has 0 aromatic carbocycles. The lowest BCUT2D eigenvalue weighted by Gasteiger charge is -2.02. The molecule has 6 heteroatoms. The standard InChI is InChI=1S/C12H9ClN4S/c13-8-5-10-11(15-6-8)17(12(18)16-10)7-9-3-1-2-4-14-9/h1-6H,7H2,(H,16,18). The van der Waals surface area contributed by atoms with Gasteiger partial charge in [-0.25, -0.2) is 4.98 Å². The Balaban J connectivity index is 2.12. The number of hydrogen-bond donors (Lipinski definition) is 1. The van der Waals surface area contributed by atoms with Crippen molar-refractivity contribution in [1.82, 2.24) is 19.5 Å². The van der Waals surface area contributed by atoms with Gasteiger partial charge in [-0.1, -0.05) is 17.7 Å². The number of hydrogen-bond acceptors (Lipinski definition) is 3. The molecule has 0 aliphatic rings. The molecule has 0 saturated carbocycles. The highest BCUT2D eigenvalue weighted by Crippen LogP contribution is 2.17. The second-order valence-electron chi connectivity index (χ2n) is 3.86. The van der Waals surface area contributed by atoms with Gasteiger partial charge >= 0.3 is 0 Å². The number of aromatic amines is 1. The Kier molecular flexibility index (Phi) is 2.85. The van der Waals surface area contributed by atoms with Crippen LogP contribution < -0.4 is 0 Å². The fourth-order valence-electron chi connectivity index (χ4n) is 1.82. The Morgan fingerprint density at radius 3 is 3.00 bits per heavy atom. The van der Waals surface area contributed by atoms with Gasteiger partial charge in [-0.3, -0.25) is 9.55 Å². The normalized spacial score (nSPS) is 10.9. The number of fused-ring (bicyclic) bond motifs is 1. The molecule has 1 N–H and O–H groups in total. The van der Waals surface area contributed by atoms with Crippen LogP contribution in [0.3, 0.4) is 0 Å². The summed E-state index contributed by atoms with van der Waals surface area (Å²) in [6.45, 7) is 0.592. The molecule has 3 rings (SSSR count). The summed E-state index contributed by atoms with van der Waals surface area (Å²) in [6.07, 6.45) is 3.37. The predicted molar refractivity (Wildman–Crippen MR) is 73.3 cm³/mol. The van der Waals surface area contributed by atoms with Crippen molar-refractivity contribution in [2.75, 3.05) is 0 Å². The molecule has 0 bridgehead atoms. The minimum absolute atomic E-state index is 0.587. The summed E-state index contributed by atoms with van der Waals surface area (Å²) in [6, 6.07) is 7.60. The van der Waals surface area contributed by atoms with Gasteiger partial charge in [0.2, 0.25) is 0 Å². The van der Waals surface area contributed by atoms with Crippen LogP contribution >= 0.6 is 23.8 Å². The average molecular weight is 277 g/mol. The first-order chi connectivity index (χ1) is 8.74. The van der Waals surface area contributed by atoms with Crippen molar-refractivity contribution < 1.29 is 0 Å². The van der Waals surface area contributed by atoms with Gasteiger partial charge in [0.25, 0.3) is 0 Å². The van der Waals surface area contributed by atoms with Gasteiger partial charge in [-0.15, -0.1) is 0 Å². The van der Waals surface area contributed by atoms with E-state index in [1.54, 1.807) is 12.4 Å². The van der Waals surface area contributed by atoms with Gasteiger partial charge < -0.3 is 4.98 Å². The minimum atomic E-state index is 0.587. The average Bonchev–Trinajstić information content (AvgIpc) is 2.66. The molecule has 0 atom stereocenters. The Morgan fingerprint density at radius 2 is 2.22 bits per heavy atom. The summed E-state index contributed by atoms with van der Waals surface area (Å²) in [5.74, 6) is 0. The third kappa shape index (κ3) is 2.02. The smallest absolute Gasteiger partial charge is 0.179 e. The van der Waals surface area contributed by atoms with Crippen LogP contribution in [0.1, 0.15) is 5.69 Å². The van der Waals surface area contributed by atoms with E-state index in [9.17, 15) is 0 Å². The number of aromatic nitrogens is 4. The fourth-order valence-corrected chi connectivity index (χ4v) is 2.24. The number of rotatable bonds is 2. The number of H-pyrrole nitrogens is 1. The molecule has 0 fully saturated rings. The van der Waals surface area contributed by atoms with Crippen molar-refractivity contribution in [2.24, 2.45) is 0 Å². The highest BCUT2D eigenvalue weighted by molar-refractivity contribution is 7.71. The van der Waals surface area contributed by atoms with Crippen LogP contribution in [0.2, 0.25) is 5.02 Å². The molecule has 90 valence electrons. The minimum Gasteiger partial charge on any atom is -0.329 e. The quantitative estimate of drug-likeness (QED) is 0.731. The zero-order chi connectivity index (χ0) is 12.5. The first kappa shape index (κ1) is 11.4. The van der Waals surface area contributed by atoms with Gasteiger partial charge in [-0.05, 0) is 30.4 Å². The lowest BCUT2D eigenvalue weighted by molar-refractivity contribution is 0.777. The van der Waals surface area contributed by atoms with Crippen molar-refractivity contribution >= 4 is 35.0 Å². The predicted octanol–water partition coefficient (Wildman–Crippen LogP) is 3.19. The Morgan fingerprint density at radius 1 is 1.33 bits per heavy atom. The van der Waals surface area contributed by atoms with E-state index in [1.807, 2.05) is 28.8 Å². The summed E-state index contributed by atoms with van der Waals surface area (Å²) in [4.78, 5) is 11.7. The van der Waals surface area contributed by atoms with E-state index in [-0.39, 0.29) is 0 Å². The summed E-state index contributed by atoms with van der Waals surface area (Å²) in [5, 5.41) is 0.587. The molecule has 4 nitrogen and oxygen atoms in total. The van der Waals surface area contributed by atoms with Crippen LogP contribution in [0, 0.1) is 4.77 Å². The van der Waals surface area contributed by atoms with E-state index in [0.29, 0.717) is 16.3 Å². The van der Waals surface area contributed by atoms with E-state index in [1.165, 1.54) is 0 Å². The van der Waals surface area contributed by atoms with Crippen molar-refractivity contribution in [2.45, 2.75) is 6.54 Å². The topological polar surface area (TPSA) is 46.5 Å². The van der Waals surface area contributed by atoms with Crippen LogP contribution in [0.5, 0.6) is 0 Å². The second kappa shape index (κ2) is 4.51. The molecule has 3 aromatic rings. The van der Waals surface area contributed by atoms with E-state index in [2.05, 4.69) is 15.0 Å². The lowest BCUT2D eigenvalue weighted by Crippen LogP contribution is -2.02. The lowest BCUT2D eigenvalue weighted by atomic mass is 10.3. The molecule has 0 aliphatic carbocycles. The van der Waals surface area contributed by atoms with E-state index in [0.717, 1.165) is 16.9 Å². The maximum atomic E-state index is 5.90. The zero-order valence-corrected chi connectivity index (χ0v) is 10.9. The highest BCUT2D eigenvalue weighted by Gasteiger charge is 2.07. The monoisotopic (exact) mass is 276 g/mol. The molecular formula is C12H9ClN4S. The third-order valence-corrected chi connectivity index (χ3v) is 3.15. The Labute approximate surface area is 113 Å². The molecule has 0 saturated heterocycles. The second-order valence-corrected chi connectivity index (χ2v) is 4.69. The number of imidazole rings is 1. The van der Waals surface area contributed by atoms with Crippen LogP contribution in [-0.2, 0) is 6.54 Å². The largest absolute Gasteiger partial charge is 0.329 e. The maximum Gasteiger partial charge on any atom is 0.179 e. The van der Waals surface area contributed by atoms with Gasteiger partial charge in [0.15, 0.2) is 10.4 Å². The van der Waals surface area contributed by atoms with Crippen LogP contribution in [-0.4, -0.2) is 19.5 Å². The van der Waals surface area contributed by atoms with Crippen molar-refractivity contribution in [3.05, 3.63) is 52.1 Å². The first-order valence-corrected chi connectivity index (χ1v) is 6.16. The Bertz CT molecular complexity index is 748. The summed E-state index contributed by atoms with van der Waals surface area (Å²) in [7, 11) is 0. The number of pyridine rings is 2. The molecule has 3 aromatic heterocycles. The highest BCUT2D eigenvalue weighted by atomic mass is 35.5. The van der Waals surface area contributed by atoms with E-state index >= 15 is 0 Å². The van der Waals surface area contributed by atoms with Gasteiger partial charge in [0.05, 0.1) is 22.8 Å². The first-order valence-electron chi connectivity index (χ1n) is 5.38. The number of halogens is 1. The van der Waals surface area contributed by atoms with Crippen LogP contribution in [0.25, 0.3) is 11.2 Å². The number of nitrogens with zero attached hydrogens (tertiary/aromatic N) is 3. The SMILES string of the molecule is S=c1[nH]c2cc(Cl)cnc2n1Cc1ccccn1. The van der Waals surface area contributed by atoms with Gasteiger partial charge in [0, 0.05) is 12.4 Å². The van der Waals surface area contributed by atoms with Crippen LogP contribution in [0.4, 0.5) is 0 Å². The van der Waals surface area contributed by atoms with Crippen molar-refractivity contribution in [3.8, 4) is 0 Å². The molecular weight excluding hydrogens is 268 g/mol. The molecule has 0 aliphatic heterocycles. The van der Waals surface area contributed by atoms with E-state index in [4.69, 9.17) is 23.8 Å². The van der Waals surface area contributed by atoms with Crippen molar-refractivity contribution in [3.63, 3.8) is 0 Å². The molecule has 3 heterocycles. The zero-order valence-electron chi connectivity index (χ0n) is 9.30. The third-order valence-electron chi connectivity index (χ3n) is 2.62. The molecule has 18 heavy (non-hydrogen) atoms. The fraction of sp³-hybridized carbons (Fsp3) is 0.0833. The molecule has 0 radical (unpaired) electrons. The van der Waals surface area contributed by atoms with Crippen LogP contribution in [0.15, 0.2) is 36.7 Å². The van der Waals surface area contributed by atoms with E-state index < -0.39 is 0 Å². The molecule has 0 unspecified atom stereocenters. The molecule has 0 amide bonds. The van der Waals surface area contributed by atoms with Gasteiger partial charge in [0.1, 0.15) is 0 Å². The van der Waals surface area contributed by atoms with Gasteiger partial charge in [-0.2, -0.15) is 0 Å². The maximum absolute atomic E-state index is 5.90. The van der Waals surface area contributed by atoms with Crippen molar-refractivity contribution in [1.29, 1.82) is 0 Å². The summed E-state index contributed by atoms with van der Waals surface area (Å²) < 4.78 is 2.52. The summed E-state index contributed by atoms with van der Waals surface area (Å²) in [5.41, 5.74) is 2.56. The summed E-state index contributed by atoms with van der Waals surface area (Å²) >= 11 is 11.2. The number of nitrogens with one attached hydrogen (secondary N) is 1.